The number of hydrogen-bond acceptors (Lipinski definition) is 1. The number of aliphatic hydroxyl groups excluding tert-OH is 1. The topological polar surface area (TPSA) is 20.2 Å². The van der Waals surface area contributed by atoms with Crippen LogP contribution in [-0.2, 0) is 0 Å². The first kappa shape index (κ1) is 21.0. The molecule has 1 N–H and O–H groups in total. The summed E-state index contributed by atoms with van der Waals surface area (Å²) < 4.78 is 0. The van der Waals surface area contributed by atoms with Crippen molar-refractivity contribution in [2.24, 2.45) is 11.8 Å². The fourth-order valence-electron chi connectivity index (χ4n) is 3.60. The van der Waals surface area contributed by atoms with Gasteiger partial charge in [-0.1, -0.05) is 104 Å². The number of unbranched alkanes of at least 4 members (excludes halogenated alkanes) is 7. The molecule has 1 heteroatoms. The van der Waals surface area contributed by atoms with E-state index < -0.39 is 0 Å². The Kier molecular flexibility index (Phi) is 16.3. The van der Waals surface area contributed by atoms with Crippen LogP contribution in [0.25, 0.3) is 0 Å². The molecular weight excluding hydrogens is 256 g/mol. The Morgan fingerprint density at radius 3 is 1.62 bits per heavy atom. The van der Waals surface area contributed by atoms with E-state index in [0.717, 1.165) is 18.3 Å². The van der Waals surface area contributed by atoms with Crippen LogP contribution in [0.3, 0.4) is 0 Å². The Labute approximate surface area is 134 Å². The summed E-state index contributed by atoms with van der Waals surface area (Å²) in [6.45, 7) is 7.26. The molecule has 0 heterocycles. The maximum Gasteiger partial charge on any atom is 0.0433 e. The smallest absolute Gasteiger partial charge is 0.0433 e. The molecule has 0 aromatic carbocycles. The van der Waals surface area contributed by atoms with Crippen molar-refractivity contribution in [1.29, 1.82) is 0 Å². The van der Waals surface area contributed by atoms with Crippen molar-refractivity contribution in [2.75, 3.05) is 6.61 Å². The van der Waals surface area contributed by atoms with Gasteiger partial charge in [-0.05, 0) is 18.3 Å². The van der Waals surface area contributed by atoms with Gasteiger partial charge < -0.3 is 5.11 Å². The Bertz CT molecular complexity index is 190. The SMILES string of the molecule is CCCCCCCCCC(CCO)C(CCC)CCCC. The molecule has 0 saturated carbocycles. The summed E-state index contributed by atoms with van der Waals surface area (Å²) in [4.78, 5) is 0. The highest BCUT2D eigenvalue weighted by molar-refractivity contribution is 4.71. The van der Waals surface area contributed by atoms with Crippen molar-refractivity contribution in [3.8, 4) is 0 Å². The maximum absolute atomic E-state index is 9.38. The molecule has 0 aromatic rings. The molecule has 0 aliphatic heterocycles. The highest BCUT2D eigenvalue weighted by Gasteiger charge is 2.19. The van der Waals surface area contributed by atoms with E-state index >= 15 is 0 Å². The first-order chi connectivity index (χ1) is 10.3. The second kappa shape index (κ2) is 16.3. The molecule has 0 aromatic heterocycles. The monoisotopic (exact) mass is 298 g/mol. The fourth-order valence-corrected chi connectivity index (χ4v) is 3.60. The van der Waals surface area contributed by atoms with Crippen LogP contribution in [0.1, 0.15) is 111 Å². The van der Waals surface area contributed by atoms with Crippen molar-refractivity contribution < 1.29 is 5.11 Å². The molecule has 0 aliphatic rings. The second-order valence-corrected chi connectivity index (χ2v) is 6.87. The van der Waals surface area contributed by atoms with E-state index in [9.17, 15) is 5.11 Å². The second-order valence-electron chi connectivity index (χ2n) is 6.87. The third kappa shape index (κ3) is 12.2. The van der Waals surface area contributed by atoms with Crippen LogP contribution in [0.4, 0.5) is 0 Å². The van der Waals surface area contributed by atoms with Crippen LogP contribution in [0.15, 0.2) is 0 Å². The standard InChI is InChI=1S/C20H42O/c1-4-7-9-10-11-12-13-16-20(17-18-21)19(14-6-3)15-8-5-2/h19-21H,4-18H2,1-3H3. The summed E-state index contributed by atoms with van der Waals surface area (Å²) in [5, 5.41) is 9.38. The van der Waals surface area contributed by atoms with Gasteiger partial charge in [-0.15, -0.1) is 0 Å². The number of aliphatic hydroxyl groups is 1. The molecule has 21 heavy (non-hydrogen) atoms. The molecule has 0 rings (SSSR count). The quantitative estimate of drug-likeness (QED) is 0.313. The zero-order valence-corrected chi connectivity index (χ0v) is 15.2. The molecule has 2 atom stereocenters. The average molecular weight is 299 g/mol. The lowest BCUT2D eigenvalue weighted by Crippen LogP contribution is -2.17. The van der Waals surface area contributed by atoms with Gasteiger partial charge in [0.2, 0.25) is 0 Å². The highest BCUT2D eigenvalue weighted by atomic mass is 16.3. The van der Waals surface area contributed by atoms with Crippen LogP contribution in [-0.4, -0.2) is 11.7 Å². The molecule has 128 valence electrons. The lowest BCUT2D eigenvalue weighted by atomic mass is 9.80. The molecule has 0 aliphatic carbocycles. The molecule has 0 radical (unpaired) electrons. The maximum atomic E-state index is 9.38. The predicted molar refractivity (Wildman–Crippen MR) is 95.7 cm³/mol. The first-order valence-corrected chi connectivity index (χ1v) is 9.90. The van der Waals surface area contributed by atoms with Crippen LogP contribution >= 0.6 is 0 Å². The summed E-state index contributed by atoms with van der Waals surface area (Å²) in [7, 11) is 0. The van der Waals surface area contributed by atoms with Gasteiger partial charge in [0, 0.05) is 6.61 Å². The van der Waals surface area contributed by atoms with Gasteiger partial charge in [0.1, 0.15) is 0 Å². The Morgan fingerprint density at radius 2 is 1.05 bits per heavy atom. The fraction of sp³-hybridized carbons (Fsp3) is 1.00. The summed E-state index contributed by atoms with van der Waals surface area (Å²) in [6.07, 6.45) is 18.9. The van der Waals surface area contributed by atoms with Gasteiger partial charge in [-0.3, -0.25) is 0 Å². The molecule has 2 unspecified atom stereocenters. The minimum Gasteiger partial charge on any atom is -0.396 e. The van der Waals surface area contributed by atoms with Crippen LogP contribution in [0.2, 0.25) is 0 Å². The van der Waals surface area contributed by atoms with Gasteiger partial charge in [-0.25, -0.2) is 0 Å². The predicted octanol–water partition coefficient (Wildman–Crippen LogP) is 6.73. The first-order valence-electron chi connectivity index (χ1n) is 9.90. The third-order valence-electron chi connectivity index (χ3n) is 4.93. The molecule has 0 spiro atoms. The van der Waals surface area contributed by atoms with E-state index in [1.54, 1.807) is 0 Å². The Balaban J connectivity index is 3.95. The van der Waals surface area contributed by atoms with Gasteiger partial charge >= 0.3 is 0 Å². The largest absolute Gasteiger partial charge is 0.396 e. The van der Waals surface area contributed by atoms with E-state index in [1.165, 1.54) is 83.5 Å². The minimum absolute atomic E-state index is 0.382. The van der Waals surface area contributed by atoms with E-state index in [4.69, 9.17) is 0 Å². The zero-order valence-electron chi connectivity index (χ0n) is 15.2. The van der Waals surface area contributed by atoms with Gasteiger partial charge in [0.25, 0.3) is 0 Å². The van der Waals surface area contributed by atoms with Crippen molar-refractivity contribution in [1.82, 2.24) is 0 Å². The molecule has 1 nitrogen and oxygen atoms in total. The molecule has 0 fully saturated rings. The van der Waals surface area contributed by atoms with Crippen LogP contribution in [0, 0.1) is 11.8 Å². The normalized spacial score (nSPS) is 14.3. The van der Waals surface area contributed by atoms with Crippen molar-refractivity contribution in [3.05, 3.63) is 0 Å². The van der Waals surface area contributed by atoms with Crippen molar-refractivity contribution in [3.63, 3.8) is 0 Å². The Hall–Kier alpha value is -0.0400. The van der Waals surface area contributed by atoms with Crippen molar-refractivity contribution in [2.45, 2.75) is 111 Å². The average Bonchev–Trinajstić information content (AvgIpc) is 2.49. The third-order valence-corrected chi connectivity index (χ3v) is 4.93. The van der Waals surface area contributed by atoms with E-state index in [0.29, 0.717) is 6.61 Å². The molecular formula is C20H42O. The summed E-state index contributed by atoms with van der Waals surface area (Å²) in [5.74, 6) is 1.64. The van der Waals surface area contributed by atoms with Crippen molar-refractivity contribution >= 4 is 0 Å². The Morgan fingerprint density at radius 1 is 0.524 bits per heavy atom. The summed E-state index contributed by atoms with van der Waals surface area (Å²) in [5.41, 5.74) is 0. The molecule has 0 amide bonds. The highest BCUT2D eigenvalue weighted by Crippen LogP contribution is 2.30. The van der Waals surface area contributed by atoms with Gasteiger partial charge in [0.05, 0.1) is 0 Å². The zero-order chi connectivity index (χ0) is 15.8. The lowest BCUT2D eigenvalue weighted by molar-refractivity contribution is 0.190. The van der Waals surface area contributed by atoms with Gasteiger partial charge in [-0.2, -0.15) is 0 Å². The molecule has 0 bridgehead atoms. The van der Waals surface area contributed by atoms with Gasteiger partial charge in [0.15, 0.2) is 0 Å². The van der Waals surface area contributed by atoms with E-state index in [2.05, 4.69) is 20.8 Å². The van der Waals surface area contributed by atoms with Crippen LogP contribution < -0.4 is 0 Å². The van der Waals surface area contributed by atoms with Crippen LogP contribution in [0.5, 0.6) is 0 Å². The number of hydrogen-bond donors (Lipinski definition) is 1. The van der Waals surface area contributed by atoms with E-state index in [-0.39, 0.29) is 0 Å². The number of rotatable bonds is 16. The van der Waals surface area contributed by atoms with E-state index in [1.807, 2.05) is 0 Å². The lowest BCUT2D eigenvalue weighted by Gasteiger charge is -2.27. The summed E-state index contributed by atoms with van der Waals surface area (Å²) in [6, 6.07) is 0. The summed E-state index contributed by atoms with van der Waals surface area (Å²) >= 11 is 0. The minimum atomic E-state index is 0.382. The molecule has 0 saturated heterocycles.